The van der Waals surface area contributed by atoms with E-state index in [0.717, 1.165) is 11.3 Å². The van der Waals surface area contributed by atoms with Crippen LogP contribution in [0.3, 0.4) is 0 Å². The first-order valence-corrected chi connectivity index (χ1v) is 9.14. The van der Waals surface area contributed by atoms with Crippen LogP contribution in [0.5, 0.6) is 5.75 Å². The van der Waals surface area contributed by atoms with Crippen LogP contribution in [-0.2, 0) is 4.79 Å². The molecule has 0 heterocycles. The van der Waals surface area contributed by atoms with Crippen molar-refractivity contribution in [3.05, 3.63) is 96.1 Å². The van der Waals surface area contributed by atoms with Gasteiger partial charge in [-0.2, -0.15) is 0 Å². The van der Waals surface area contributed by atoms with E-state index in [0.29, 0.717) is 17.0 Å². The number of benzene rings is 3. The minimum Gasteiger partial charge on any atom is -0.496 e. The van der Waals surface area contributed by atoms with Crippen LogP contribution < -0.4 is 15.0 Å². The van der Waals surface area contributed by atoms with Crippen LogP contribution in [0.4, 0.5) is 11.4 Å². The highest BCUT2D eigenvalue weighted by Crippen LogP contribution is 2.19. The molecule has 0 spiro atoms. The van der Waals surface area contributed by atoms with Gasteiger partial charge in [0.1, 0.15) is 5.75 Å². The topological polar surface area (TPSA) is 58.6 Å². The maximum absolute atomic E-state index is 12.7. The number of anilines is 2. The normalized spacial score (nSPS) is 10.6. The third-order valence-electron chi connectivity index (χ3n) is 4.38. The number of rotatable bonds is 6. The first-order chi connectivity index (χ1) is 14.1. The highest BCUT2D eigenvalue weighted by atomic mass is 16.5. The molecule has 1 N–H and O–H groups in total. The van der Waals surface area contributed by atoms with Gasteiger partial charge in [-0.3, -0.25) is 9.59 Å². The number of nitrogens with one attached hydrogen (secondary N) is 1. The van der Waals surface area contributed by atoms with Crippen molar-refractivity contribution >= 4 is 29.3 Å². The fourth-order valence-corrected chi connectivity index (χ4v) is 2.85. The van der Waals surface area contributed by atoms with Crippen LogP contribution in [-0.4, -0.2) is 26.0 Å². The zero-order valence-corrected chi connectivity index (χ0v) is 16.3. The van der Waals surface area contributed by atoms with Crippen molar-refractivity contribution < 1.29 is 14.3 Å². The molecule has 2 amide bonds. The lowest BCUT2D eigenvalue weighted by Gasteiger charge is -2.17. The lowest BCUT2D eigenvalue weighted by Crippen LogP contribution is -2.26. The molecule has 3 rings (SSSR count). The first kappa shape index (κ1) is 19.9. The molecule has 0 saturated heterocycles. The Labute approximate surface area is 170 Å². The zero-order chi connectivity index (χ0) is 20.6. The third kappa shape index (κ3) is 5.11. The third-order valence-corrected chi connectivity index (χ3v) is 4.38. The molecular weight excluding hydrogens is 364 g/mol. The predicted octanol–water partition coefficient (Wildman–Crippen LogP) is 4.62. The molecule has 5 nitrogen and oxygen atoms in total. The van der Waals surface area contributed by atoms with Crippen LogP contribution in [0.2, 0.25) is 0 Å². The van der Waals surface area contributed by atoms with Crippen molar-refractivity contribution in [1.82, 2.24) is 0 Å². The van der Waals surface area contributed by atoms with E-state index in [1.54, 1.807) is 49.4 Å². The van der Waals surface area contributed by atoms with Gasteiger partial charge >= 0.3 is 0 Å². The molecule has 29 heavy (non-hydrogen) atoms. The number of hydrogen-bond acceptors (Lipinski definition) is 3. The number of carbonyl (C=O) groups is 2. The number of amides is 2. The molecule has 3 aromatic carbocycles. The second-order valence-electron chi connectivity index (χ2n) is 6.35. The summed E-state index contributed by atoms with van der Waals surface area (Å²) >= 11 is 0. The van der Waals surface area contributed by atoms with E-state index in [1.807, 2.05) is 54.6 Å². The molecule has 0 fully saturated rings. The van der Waals surface area contributed by atoms with E-state index in [4.69, 9.17) is 4.74 Å². The molecule has 0 bridgehead atoms. The monoisotopic (exact) mass is 386 g/mol. The molecule has 0 atom stereocenters. The molecule has 0 aliphatic heterocycles. The Balaban J connectivity index is 1.70. The van der Waals surface area contributed by atoms with Gasteiger partial charge < -0.3 is 15.0 Å². The number of methoxy groups -OCH3 is 1. The maximum atomic E-state index is 12.7. The van der Waals surface area contributed by atoms with Gasteiger partial charge in [0.15, 0.2) is 0 Å². The lowest BCUT2D eigenvalue weighted by atomic mass is 10.1. The van der Waals surface area contributed by atoms with Crippen LogP contribution in [0.15, 0.2) is 84.9 Å². The van der Waals surface area contributed by atoms with Crippen molar-refractivity contribution in [3.8, 4) is 5.75 Å². The Bertz CT molecular complexity index is 1030. The average Bonchev–Trinajstić information content (AvgIpc) is 2.77. The van der Waals surface area contributed by atoms with Crippen molar-refractivity contribution in [2.45, 2.75) is 0 Å². The van der Waals surface area contributed by atoms with E-state index in [2.05, 4.69) is 5.32 Å². The van der Waals surface area contributed by atoms with E-state index >= 15 is 0 Å². The highest BCUT2D eigenvalue weighted by molar-refractivity contribution is 6.07. The molecule has 0 aromatic heterocycles. The first-order valence-electron chi connectivity index (χ1n) is 9.14. The standard InChI is InChI=1S/C24H22N2O3/c1-26(21-12-4-3-5-13-21)24(28)19-10-8-11-20(17-19)25-23(27)16-15-18-9-6-7-14-22(18)29-2/h3-17H,1-2H3,(H,25,27)/b16-15+. The van der Waals surface area contributed by atoms with Gasteiger partial charge in [0.05, 0.1) is 7.11 Å². The van der Waals surface area contributed by atoms with Gasteiger partial charge in [-0.1, -0.05) is 42.5 Å². The van der Waals surface area contributed by atoms with Gasteiger partial charge in [0, 0.05) is 35.6 Å². The van der Waals surface area contributed by atoms with E-state index in [1.165, 1.54) is 6.08 Å². The fourth-order valence-electron chi connectivity index (χ4n) is 2.85. The van der Waals surface area contributed by atoms with Gasteiger partial charge in [-0.15, -0.1) is 0 Å². The molecule has 5 heteroatoms. The summed E-state index contributed by atoms with van der Waals surface area (Å²) in [6.07, 6.45) is 3.12. The Morgan fingerprint density at radius 3 is 2.41 bits per heavy atom. The summed E-state index contributed by atoms with van der Waals surface area (Å²) in [5.41, 5.74) is 2.64. The van der Waals surface area contributed by atoms with Crippen molar-refractivity contribution in [2.75, 3.05) is 24.4 Å². The highest BCUT2D eigenvalue weighted by Gasteiger charge is 2.14. The minimum atomic E-state index is -0.295. The summed E-state index contributed by atoms with van der Waals surface area (Å²) in [6, 6.07) is 23.7. The van der Waals surface area contributed by atoms with Crippen molar-refractivity contribution in [2.24, 2.45) is 0 Å². The Kier molecular flexibility index (Phi) is 6.43. The SMILES string of the molecule is COc1ccccc1/C=C/C(=O)Nc1cccc(C(=O)N(C)c2ccccc2)c1. The number of para-hydroxylation sites is 2. The number of nitrogens with zero attached hydrogens (tertiary/aromatic N) is 1. The van der Waals surface area contributed by atoms with Gasteiger partial charge in [0.2, 0.25) is 5.91 Å². The van der Waals surface area contributed by atoms with Crippen LogP contribution in [0.25, 0.3) is 6.08 Å². The minimum absolute atomic E-state index is 0.156. The fraction of sp³-hybridized carbons (Fsp3) is 0.0833. The van der Waals surface area contributed by atoms with E-state index < -0.39 is 0 Å². The number of hydrogen-bond donors (Lipinski definition) is 1. The summed E-state index contributed by atoms with van der Waals surface area (Å²) in [6.45, 7) is 0. The van der Waals surface area contributed by atoms with Crippen LogP contribution >= 0.6 is 0 Å². The summed E-state index contributed by atoms with van der Waals surface area (Å²) < 4.78 is 5.27. The van der Waals surface area contributed by atoms with Crippen molar-refractivity contribution in [1.29, 1.82) is 0 Å². The Hall–Kier alpha value is -3.86. The molecule has 0 aliphatic rings. The molecule has 0 unspecified atom stereocenters. The summed E-state index contributed by atoms with van der Waals surface area (Å²) in [4.78, 5) is 26.6. The largest absolute Gasteiger partial charge is 0.496 e. The molecule has 3 aromatic rings. The van der Waals surface area contributed by atoms with Crippen molar-refractivity contribution in [3.63, 3.8) is 0 Å². The zero-order valence-electron chi connectivity index (χ0n) is 16.3. The summed E-state index contributed by atoms with van der Waals surface area (Å²) in [5.74, 6) is 0.238. The molecular formula is C24H22N2O3. The molecule has 146 valence electrons. The van der Waals surface area contributed by atoms with Gasteiger partial charge in [-0.25, -0.2) is 0 Å². The summed E-state index contributed by atoms with van der Waals surface area (Å²) in [5, 5.41) is 2.79. The predicted molar refractivity (Wildman–Crippen MR) is 116 cm³/mol. The second kappa shape index (κ2) is 9.37. The number of ether oxygens (including phenoxy) is 1. The average molecular weight is 386 g/mol. The quantitative estimate of drug-likeness (QED) is 0.629. The molecule has 0 aliphatic carbocycles. The second-order valence-corrected chi connectivity index (χ2v) is 6.35. The Morgan fingerprint density at radius 1 is 0.931 bits per heavy atom. The van der Waals surface area contributed by atoms with Crippen LogP contribution in [0, 0.1) is 0 Å². The maximum Gasteiger partial charge on any atom is 0.258 e. The number of carbonyl (C=O) groups excluding carboxylic acids is 2. The molecule has 0 saturated carbocycles. The molecule has 0 radical (unpaired) electrons. The lowest BCUT2D eigenvalue weighted by molar-refractivity contribution is -0.111. The van der Waals surface area contributed by atoms with Gasteiger partial charge in [0.25, 0.3) is 5.91 Å². The Morgan fingerprint density at radius 2 is 1.66 bits per heavy atom. The van der Waals surface area contributed by atoms with Gasteiger partial charge in [-0.05, 0) is 42.5 Å². The van der Waals surface area contributed by atoms with E-state index in [-0.39, 0.29) is 11.8 Å². The van der Waals surface area contributed by atoms with Crippen LogP contribution in [0.1, 0.15) is 15.9 Å². The summed E-state index contributed by atoms with van der Waals surface area (Å²) in [7, 11) is 3.31. The van der Waals surface area contributed by atoms with E-state index in [9.17, 15) is 9.59 Å². The smallest absolute Gasteiger partial charge is 0.258 e.